The van der Waals surface area contributed by atoms with Gasteiger partial charge in [0.1, 0.15) is 5.75 Å². The molecule has 0 spiro atoms. The van der Waals surface area contributed by atoms with Gasteiger partial charge in [0.25, 0.3) is 0 Å². The van der Waals surface area contributed by atoms with Gasteiger partial charge in [0.15, 0.2) is 0 Å². The molecule has 0 aliphatic carbocycles. The Kier molecular flexibility index (Phi) is 4.25. The van der Waals surface area contributed by atoms with Gasteiger partial charge in [-0.3, -0.25) is 4.98 Å². The molecule has 3 heteroatoms. The van der Waals surface area contributed by atoms with Crippen LogP contribution in [0.3, 0.4) is 0 Å². The van der Waals surface area contributed by atoms with E-state index in [0.717, 1.165) is 41.0 Å². The maximum Gasteiger partial charge on any atom is 0.119 e. The Morgan fingerprint density at radius 3 is 2.68 bits per heavy atom. The Balaban J connectivity index is 2.56. The summed E-state index contributed by atoms with van der Waals surface area (Å²) in [6.07, 6.45) is 1.10. The van der Waals surface area contributed by atoms with E-state index in [-0.39, 0.29) is 0 Å². The first-order valence-electron chi connectivity index (χ1n) is 6.88. The van der Waals surface area contributed by atoms with Crippen LogP contribution < -0.4 is 10.1 Å². The van der Waals surface area contributed by atoms with Gasteiger partial charge >= 0.3 is 0 Å². The zero-order valence-corrected chi connectivity index (χ0v) is 12.2. The third-order valence-electron chi connectivity index (χ3n) is 3.19. The molecule has 0 amide bonds. The van der Waals surface area contributed by atoms with Crippen molar-refractivity contribution in [2.45, 2.75) is 33.1 Å². The summed E-state index contributed by atoms with van der Waals surface area (Å²) in [5.41, 5.74) is 3.29. The zero-order chi connectivity index (χ0) is 13.8. The summed E-state index contributed by atoms with van der Waals surface area (Å²) in [4.78, 5) is 4.72. The lowest BCUT2D eigenvalue weighted by Gasteiger charge is -2.14. The smallest absolute Gasteiger partial charge is 0.119 e. The van der Waals surface area contributed by atoms with Crippen LogP contribution in [0.1, 0.15) is 38.8 Å². The largest absolute Gasteiger partial charge is 0.497 e. The van der Waals surface area contributed by atoms with Crippen LogP contribution in [0.4, 0.5) is 5.69 Å². The fourth-order valence-electron chi connectivity index (χ4n) is 2.05. The molecule has 2 rings (SSSR count). The first-order chi connectivity index (χ1) is 9.15. The van der Waals surface area contributed by atoms with Crippen LogP contribution in [0.25, 0.3) is 10.9 Å². The standard InChI is InChI=1S/C16H22N2O/c1-5-8-17-16-10-15(11(2)3)18-14-7-6-12(19-4)9-13(14)16/h6-7,9-11H,5,8H2,1-4H3,(H,17,18). The van der Waals surface area contributed by atoms with Crippen molar-refractivity contribution in [3.8, 4) is 5.75 Å². The van der Waals surface area contributed by atoms with E-state index in [9.17, 15) is 0 Å². The molecule has 19 heavy (non-hydrogen) atoms. The van der Waals surface area contributed by atoms with Gasteiger partial charge in [-0.1, -0.05) is 20.8 Å². The first-order valence-corrected chi connectivity index (χ1v) is 6.88. The maximum atomic E-state index is 5.30. The van der Waals surface area contributed by atoms with Crippen molar-refractivity contribution < 1.29 is 4.74 Å². The van der Waals surface area contributed by atoms with Crippen molar-refractivity contribution in [3.63, 3.8) is 0 Å². The van der Waals surface area contributed by atoms with Gasteiger partial charge in [-0.15, -0.1) is 0 Å². The average molecular weight is 258 g/mol. The van der Waals surface area contributed by atoms with Crippen LogP contribution in [-0.4, -0.2) is 18.6 Å². The van der Waals surface area contributed by atoms with Crippen LogP contribution in [0.15, 0.2) is 24.3 Å². The second-order valence-electron chi connectivity index (χ2n) is 5.06. The second-order valence-corrected chi connectivity index (χ2v) is 5.06. The molecule has 2 aromatic rings. The quantitative estimate of drug-likeness (QED) is 0.873. The maximum absolute atomic E-state index is 5.30. The molecular weight excluding hydrogens is 236 g/mol. The number of hydrogen-bond acceptors (Lipinski definition) is 3. The molecule has 0 aliphatic heterocycles. The summed E-state index contributed by atoms with van der Waals surface area (Å²) in [5, 5.41) is 4.61. The summed E-state index contributed by atoms with van der Waals surface area (Å²) < 4.78 is 5.30. The minimum Gasteiger partial charge on any atom is -0.497 e. The summed E-state index contributed by atoms with van der Waals surface area (Å²) in [6.45, 7) is 7.47. The van der Waals surface area contributed by atoms with Crippen LogP contribution in [0.5, 0.6) is 5.75 Å². The number of fused-ring (bicyclic) bond motifs is 1. The molecule has 102 valence electrons. The number of nitrogens with zero attached hydrogens (tertiary/aromatic N) is 1. The van der Waals surface area contributed by atoms with Crippen LogP contribution >= 0.6 is 0 Å². The predicted molar refractivity (Wildman–Crippen MR) is 81.2 cm³/mol. The number of nitrogens with one attached hydrogen (secondary N) is 1. The minimum absolute atomic E-state index is 0.425. The lowest BCUT2D eigenvalue weighted by molar-refractivity contribution is 0.415. The first kappa shape index (κ1) is 13.7. The number of hydrogen-bond donors (Lipinski definition) is 1. The molecule has 0 radical (unpaired) electrons. The van der Waals surface area contributed by atoms with Gasteiger partial charge in [-0.25, -0.2) is 0 Å². The normalized spacial score (nSPS) is 11.0. The van der Waals surface area contributed by atoms with Crippen molar-refractivity contribution in [1.82, 2.24) is 4.98 Å². The number of aromatic nitrogens is 1. The van der Waals surface area contributed by atoms with E-state index in [1.807, 2.05) is 18.2 Å². The van der Waals surface area contributed by atoms with Gasteiger partial charge < -0.3 is 10.1 Å². The van der Waals surface area contributed by atoms with Crippen LogP contribution in [0, 0.1) is 0 Å². The SMILES string of the molecule is CCCNc1cc(C(C)C)nc2ccc(OC)cc12. The highest BCUT2D eigenvalue weighted by molar-refractivity contribution is 5.92. The molecular formula is C16H22N2O. The highest BCUT2D eigenvalue weighted by Crippen LogP contribution is 2.29. The fraction of sp³-hybridized carbons (Fsp3) is 0.438. The molecule has 0 aliphatic rings. The van der Waals surface area contributed by atoms with Gasteiger partial charge in [-0.2, -0.15) is 0 Å². The van der Waals surface area contributed by atoms with Crippen LogP contribution in [0.2, 0.25) is 0 Å². The summed E-state index contributed by atoms with van der Waals surface area (Å²) in [5.74, 6) is 1.29. The summed E-state index contributed by atoms with van der Waals surface area (Å²) >= 11 is 0. The summed E-state index contributed by atoms with van der Waals surface area (Å²) in [7, 11) is 1.69. The molecule has 0 unspecified atom stereocenters. The number of anilines is 1. The molecule has 1 heterocycles. The Morgan fingerprint density at radius 1 is 1.26 bits per heavy atom. The van der Waals surface area contributed by atoms with E-state index in [2.05, 4.69) is 32.2 Å². The number of benzene rings is 1. The molecule has 0 fully saturated rings. The van der Waals surface area contributed by atoms with E-state index in [1.165, 1.54) is 0 Å². The summed E-state index contributed by atoms with van der Waals surface area (Å²) in [6, 6.07) is 8.19. The van der Waals surface area contributed by atoms with Gasteiger partial charge in [0.05, 0.1) is 12.6 Å². The number of methoxy groups -OCH3 is 1. The Bertz CT molecular complexity index is 564. The Hall–Kier alpha value is -1.77. The van der Waals surface area contributed by atoms with E-state index >= 15 is 0 Å². The molecule has 1 aromatic heterocycles. The lowest BCUT2D eigenvalue weighted by atomic mass is 10.1. The van der Waals surface area contributed by atoms with Crippen molar-refractivity contribution in [2.24, 2.45) is 0 Å². The topological polar surface area (TPSA) is 34.2 Å². The van der Waals surface area contributed by atoms with Gasteiger partial charge in [-0.05, 0) is 36.6 Å². The molecule has 3 nitrogen and oxygen atoms in total. The molecule has 1 aromatic carbocycles. The van der Waals surface area contributed by atoms with E-state index in [0.29, 0.717) is 5.92 Å². The third-order valence-corrected chi connectivity index (χ3v) is 3.19. The molecule has 0 bridgehead atoms. The predicted octanol–water partition coefficient (Wildman–Crippen LogP) is 4.19. The number of rotatable bonds is 5. The third kappa shape index (κ3) is 2.98. The molecule has 0 saturated heterocycles. The molecule has 0 atom stereocenters. The van der Waals surface area contributed by atoms with Gasteiger partial charge in [0.2, 0.25) is 0 Å². The van der Waals surface area contributed by atoms with E-state index in [1.54, 1.807) is 7.11 Å². The fourth-order valence-corrected chi connectivity index (χ4v) is 2.05. The van der Waals surface area contributed by atoms with E-state index in [4.69, 9.17) is 9.72 Å². The second kappa shape index (κ2) is 5.91. The Labute approximate surface area is 115 Å². The molecule has 1 N–H and O–H groups in total. The van der Waals surface area contributed by atoms with Crippen molar-refractivity contribution in [3.05, 3.63) is 30.0 Å². The number of pyridine rings is 1. The van der Waals surface area contributed by atoms with E-state index < -0.39 is 0 Å². The number of ether oxygens (including phenoxy) is 1. The highest BCUT2D eigenvalue weighted by Gasteiger charge is 2.09. The van der Waals surface area contributed by atoms with Crippen LogP contribution in [-0.2, 0) is 0 Å². The zero-order valence-electron chi connectivity index (χ0n) is 12.2. The lowest BCUT2D eigenvalue weighted by Crippen LogP contribution is -2.03. The Morgan fingerprint density at radius 2 is 2.05 bits per heavy atom. The van der Waals surface area contributed by atoms with Gasteiger partial charge in [0, 0.05) is 23.3 Å². The van der Waals surface area contributed by atoms with Crippen molar-refractivity contribution in [2.75, 3.05) is 19.0 Å². The molecule has 0 saturated carbocycles. The highest BCUT2D eigenvalue weighted by atomic mass is 16.5. The van der Waals surface area contributed by atoms with Crippen molar-refractivity contribution in [1.29, 1.82) is 0 Å². The minimum atomic E-state index is 0.425. The van der Waals surface area contributed by atoms with Crippen molar-refractivity contribution >= 4 is 16.6 Å². The average Bonchev–Trinajstić information content (AvgIpc) is 2.43. The monoisotopic (exact) mass is 258 g/mol.